The highest BCUT2D eigenvalue weighted by atomic mass is 35.5. The Hall–Kier alpha value is -1.29. The van der Waals surface area contributed by atoms with Crippen LogP contribution in [0.2, 0.25) is 5.02 Å². The van der Waals surface area contributed by atoms with Crippen molar-refractivity contribution in [2.75, 3.05) is 12.3 Å². The number of carbonyl (C=O) groups is 1. The van der Waals surface area contributed by atoms with Crippen LogP contribution < -0.4 is 5.73 Å². The molecule has 2 N–H and O–H groups in total. The van der Waals surface area contributed by atoms with Gasteiger partial charge in [0.1, 0.15) is 5.82 Å². The van der Waals surface area contributed by atoms with Crippen LogP contribution in [-0.2, 0) is 0 Å². The Morgan fingerprint density at radius 1 is 1.69 bits per heavy atom. The third-order valence-electron chi connectivity index (χ3n) is 2.93. The second kappa shape index (κ2) is 4.29. The van der Waals surface area contributed by atoms with Crippen LogP contribution in [0.25, 0.3) is 0 Å². The fourth-order valence-corrected chi connectivity index (χ4v) is 2.13. The fraction of sp³-hybridized carbons (Fsp3) is 0.455. The van der Waals surface area contributed by atoms with Crippen LogP contribution >= 0.6 is 11.6 Å². The van der Waals surface area contributed by atoms with Crippen molar-refractivity contribution in [2.45, 2.75) is 25.8 Å². The highest BCUT2D eigenvalue weighted by Crippen LogP contribution is 2.22. The highest BCUT2D eigenvalue weighted by molar-refractivity contribution is 6.33. The molecule has 1 saturated heterocycles. The van der Waals surface area contributed by atoms with Crippen LogP contribution in [0, 0.1) is 0 Å². The number of halogens is 1. The van der Waals surface area contributed by atoms with E-state index in [2.05, 4.69) is 11.9 Å². The van der Waals surface area contributed by atoms with Gasteiger partial charge in [-0.1, -0.05) is 11.6 Å². The van der Waals surface area contributed by atoms with E-state index in [1.54, 1.807) is 6.07 Å². The first-order chi connectivity index (χ1) is 7.59. The number of rotatable bonds is 1. The van der Waals surface area contributed by atoms with Gasteiger partial charge in [0.05, 0.1) is 10.6 Å². The zero-order valence-corrected chi connectivity index (χ0v) is 9.87. The number of aromatic nitrogens is 1. The molecule has 86 valence electrons. The Bertz CT molecular complexity index is 422. The highest BCUT2D eigenvalue weighted by Gasteiger charge is 2.26. The second-order valence-electron chi connectivity index (χ2n) is 4.08. The number of amides is 1. The molecule has 0 saturated carbocycles. The Kier molecular flexibility index (Phi) is 3.01. The average Bonchev–Trinajstić information content (AvgIpc) is 2.67. The van der Waals surface area contributed by atoms with Crippen LogP contribution in [0.5, 0.6) is 0 Å². The molecule has 1 unspecified atom stereocenters. The molecular formula is C11H14ClN3O. The van der Waals surface area contributed by atoms with Gasteiger partial charge < -0.3 is 10.6 Å². The maximum absolute atomic E-state index is 12.1. The van der Waals surface area contributed by atoms with Gasteiger partial charge in [0.2, 0.25) is 0 Å². The van der Waals surface area contributed by atoms with Gasteiger partial charge in [-0.15, -0.1) is 0 Å². The van der Waals surface area contributed by atoms with Crippen molar-refractivity contribution in [3.8, 4) is 0 Å². The minimum absolute atomic E-state index is 0.0144. The minimum Gasteiger partial charge on any atom is -0.382 e. The Morgan fingerprint density at radius 2 is 2.44 bits per heavy atom. The summed E-state index contributed by atoms with van der Waals surface area (Å²) in [7, 11) is 0. The molecule has 2 heterocycles. The van der Waals surface area contributed by atoms with Crippen molar-refractivity contribution in [1.82, 2.24) is 9.88 Å². The summed E-state index contributed by atoms with van der Waals surface area (Å²) in [4.78, 5) is 17.9. The van der Waals surface area contributed by atoms with Crippen molar-refractivity contribution >= 4 is 23.3 Å². The quantitative estimate of drug-likeness (QED) is 0.815. The standard InChI is InChI=1S/C11H14ClN3O/c1-7-3-2-4-15(7)11(16)8-5-9(12)10(13)14-6-8/h5-7H,2-4H2,1H3,(H2,13,14). The van der Waals surface area contributed by atoms with E-state index in [9.17, 15) is 4.79 Å². The van der Waals surface area contributed by atoms with Gasteiger partial charge in [0.15, 0.2) is 0 Å². The molecular weight excluding hydrogens is 226 g/mol. The molecule has 1 aromatic rings. The lowest BCUT2D eigenvalue weighted by atomic mass is 10.2. The van der Waals surface area contributed by atoms with Crippen LogP contribution in [0.15, 0.2) is 12.3 Å². The van der Waals surface area contributed by atoms with Crippen molar-refractivity contribution < 1.29 is 4.79 Å². The summed E-state index contributed by atoms with van der Waals surface area (Å²) in [6, 6.07) is 1.88. The lowest BCUT2D eigenvalue weighted by Gasteiger charge is -2.21. The summed E-state index contributed by atoms with van der Waals surface area (Å²) >= 11 is 5.84. The van der Waals surface area contributed by atoms with E-state index in [0.29, 0.717) is 16.6 Å². The number of nitrogens with zero attached hydrogens (tertiary/aromatic N) is 2. The number of carbonyl (C=O) groups excluding carboxylic acids is 1. The van der Waals surface area contributed by atoms with Crippen molar-refractivity contribution in [1.29, 1.82) is 0 Å². The van der Waals surface area contributed by atoms with Crippen LogP contribution in [0.4, 0.5) is 5.82 Å². The summed E-state index contributed by atoms with van der Waals surface area (Å²) in [5, 5.41) is 0.331. The molecule has 0 aromatic carbocycles. The van der Waals surface area contributed by atoms with Crippen LogP contribution in [0.1, 0.15) is 30.1 Å². The summed E-state index contributed by atoms with van der Waals surface area (Å²) in [5.74, 6) is 0.243. The Labute approximate surface area is 99.4 Å². The third kappa shape index (κ3) is 1.97. The van der Waals surface area contributed by atoms with Crippen LogP contribution in [-0.4, -0.2) is 28.4 Å². The summed E-state index contributed by atoms with van der Waals surface area (Å²) in [6.07, 6.45) is 3.60. The molecule has 2 rings (SSSR count). The molecule has 0 spiro atoms. The fourth-order valence-electron chi connectivity index (χ4n) is 1.97. The SMILES string of the molecule is CC1CCCN1C(=O)c1cnc(N)c(Cl)c1. The summed E-state index contributed by atoms with van der Waals surface area (Å²) < 4.78 is 0. The smallest absolute Gasteiger partial charge is 0.255 e. The van der Waals surface area contributed by atoms with Gasteiger partial charge in [-0.3, -0.25) is 4.79 Å². The van der Waals surface area contributed by atoms with Gasteiger partial charge in [0, 0.05) is 18.8 Å². The molecule has 0 bridgehead atoms. The number of nitrogens with two attached hydrogens (primary N) is 1. The van der Waals surface area contributed by atoms with E-state index in [4.69, 9.17) is 17.3 Å². The van der Waals surface area contributed by atoms with Crippen molar-refractivity contribution in [3.05, 3.63) is 22.8 Å². The zero-order valence-electron chi connectivity index (χ0n) is 9.11. The average molecular weight is 240 g/mol. The van der Waals surface area contributed by atoms with E-state index >= 15 is 0 Å². The van der Waals surface area contributed by atoms with E-state index in [1.165, 1.54) is 6.20 Å². The molecule has 1 fully saturated rings. The number of nitrogen functional groups attached to an aromatic ring is 1. The predicted molar refractivity (Wildman–Crippen MR) is 63.4 cm³/mol. The Morgan fingerprint density at radius 3 is 3.00 bits per heavy atom. The predicted octanol–water partition coefficient (Wildman–Crippen LogP) is 1.94. The Balaban J connectivity index is 2.23. The van der Waals surface area contributed by atoms with Gasteiger partial charge >= 0.3 is 0 Å². The number of hydrogen-bond donors (Lipinski definition) is 1. The number of hydrogen-bond acceptors (Lipinski definition) is 3. The third-order valence-corrected chi connectivity index (χ3v) is 3.23. The van der Waals surface area contributed by atoms with Gasteiger partial charge in [-0.05, 0) is 25.8 Å². The summed E-state index contributed by atoms with van der Waals surface area (Å²) in [6.45, 7) is 2.86. The van der Waals surface area contributed by atoms with E-state index in [1.807, 2.05) is 4.90 Å². The molecule has 5 heteroatoms. The van der Waals surface area contributed by atoms with Crippen molar-refractivity contribution in [2.24, 2.45) is 0 Å². The van der Waals surface area contributed by atoms with Gasteiger partial charge in [0.25, 0.3) is 5.91 Å². The number of anilines is 1. The monoisotopic (exact) mass is 239 g/mol. The molecule has 1 amide bonds. The lowest BCUT2D eigenvalue weighted by Crippen LogP contribution is -2.33. The maximum Gasteiger partial charge on any atom is 0.255 e. The largest absolute Gasteiger partial charge is 0.382 e. The minimum atomic E-state index is -0.0144. The molecule has 1 aliphatic rings. The molecule has 4 nitrogen and oxygen atoms in total. The van der Waals surface area contributed by atoms with Crippen LogP contribution in [0.3, 0.4) is 0 Å². The molecule has 16 heavy (non-hydrogen) atoms. The van der Waals surface area contributed by atoms with Gasteiger partial charge in [-0.25, -0.2) is 4.98 Å². The molecule has 1 aliphatic heterocycles. The molecule has 0 radical (unpaired) electrons. The van der Waals surface area contributed by atoms with Gasteiger partial charge in [-0.2, -0.15) is 0 Å². The molecule has 1 aromatic heterocycles. The van der Waals surface area contributed by atoms with Crippen molar-refractivity contribution in [3.63, 3.8) is 0 Å². The summed E-state index contributed by atoms with van der Waals surface area (Å²) in [5.41, 5.74) is 6.01. The van der Waals surface area contributed by atoms with E-state index in [0.717, 1.165) is 19.4 Å². The normalized spacial score (nSPS) is 20.1. The van der Waals surface area contributed by atoms with E-state index < -0.39 is 0 Å². The first-order valence-corrected chi connectivity index (χ1v) is 5.69. The second-order valence-corrected chi connectivity index (χ2v) is 4.49. The maximum atomic E-state index is 12.1. The first-order valence-electron chi connectivity index (χ1n) is 5.31. The number of pyridine rings is 1. The molecule has 1 atom stereocenters. The lowest BCUT2D eigenvalue weighted by molar-refractivity contribution is 0.0747. The van der Waals surface area contributed by atoms with E-state index in [-0.39, 0.29) is 11.7 Å². The number of likely N-dealkylation sites (tertiary alicyclic amines) is 1. The first kappa shape index (κ1) is 11.2. The zero-order chi connectivity index (χ0) is 11.7. The topological polar surface area (TPSA) is 59.2 Å². The molecule has 0 aliphatic carbocycles.